The minimum atomic E-state index is -0.473. The third kappa shape index (κ3) is 3.62. The van der Waals surface area contributed by atoms with Crippen LogP contribution in [0.15, 0.2) is 42.5 Å². The molecule has 0 heterocycles. The van der Waals surface area contributed by atoms with Crippen molar-refractivity contribution >= 4 is 17.1 Å². The van der Waals surface area contributed by atoms with E-state index in [2.05, 4.69) is 0 Å². The van der Waals surface area contributed by atoms with Crippen molar-refractivity contribution in [1.82, 2.24) is 0 Å². The Labute approximate surface area is 122 Å². The predicted octanol–water partition coefficient (Wildman–Crippen LogP) is 2.82. The van der Waals surface area contributed by atoms with Crippen molar-refractivity contribution in [3.63, 3.8) is 0 Å². The molecule has 0 radical (unpaired) electrons. The Balaban J connectivity index is 2.14. The van der Waals surface area contributed by atoms with E-state index in [1.807, 2.05) is 43.3 Å². The van der Waals surface area contributed by atoms with Crippen molar-refractivity contribution < 1.29 is 9.66 Å². The van der Waals surface area contributed by atoms with Crippen LogP contribution in [0, 0.1) is 10.1 Å². The molecule has 0 aliphatic carbocycles. The average Bonchev–Trinajstić information content (AvgIpc) is 2.46. The maximum absolute atomic E-state index is 10.8. The molecular weight excluding hydrogens is 270 g/mol. The lowest BCUT2D eigenvalue weighted by atomic mass is 10.2. The molecule has 110 valence electrons. The highest BCUT2D eigenvalue weighted by atomic mass is 16.6. The number of anilines is 2. The number of nitrogens with two attached hydrogens (primary N) is 1. The van der Waals surface area contributed by atoms with Gasteiger partial charge in [0.25, 0.3) is 5.69 Å². The molecular formula is C15H17N3O3. The van der Waals surface area contributed by atoms with E-state index in [0.717, 1.165) is 11.3 Å². The molecule has 0 fully saturated rings. The fraction of sp³-hybridized carbons (Fsp3) is 0.200. The van der Waals surface area contributed by atoms with Gasteiger partial charge < -0.3 is 15.4 Å². The molecule has 2 aromatic carbocycles. The number of ether oxygens (including phenoxy) is 1. The van der Waals surface area contributed by atoms with Gasteiger partial charge in [-0.05, 0) is 23.8 Å². The van der Waals surface area contributed by atoms with Crippen molar-refractivity contribution in [2.45, 2.75) is 6.61 Å². The molecule has 21 heavy (non-hydrogen) atoms. The van der Waals surface area contributed by atoms with Crippen LogP contribution in [0.1, 0.15) is 5.56 Å². The first kappa shape index (κ1) is 14.6. The minimum absolute atomic E-state index is 0.0405. The molecule has 0 bridgehead atoms. The normalized spacial score (nSPS) is 10.2. The van der Waals surface area contributed by atoms with E-state index in [-0.39, 0.29) is 5.69 Å². The summed E-state index contributed by atoms with van der Waals surface area (Å²) in [5.41, 5.74) is 8.14. The fourth-order valence-corrected chi connectivity index (χ4v) is 1.85. The summed E-state index contributed by atoms with van der Waals surface area (Å²) in [4.78, 5) is 12.3. The molecule has 6 heteroatoms. The van der Waals surface area contributed by atoms with Crippen LogP contribution in [-0.4, -0.2) is 19.0 Å². The first-order chi connectivity index (χ1) is 9.97. The van der Waals surface area contributed by atoms with E-state index in [9.17, 15) is 10.1 Å². The molecule has 2 rings (SSSR count). The van der Waals surface area contributed by atoms with Gasteiger partial charge in [0.05, 0.1) is 16.7 Å². The van der Waals surface area contributed by atoms with Crippen LogP contribution in [-0.2, 0) is 6.61 Å². The molecule has 0 aliphatic heterocycles. The topological polar surface area (TPSA) is 81.6 Å². The maximum atomic E-state index is 10.8. The fourth-order valence-electron chi connectivity index (χ4n) is 1.85. The number of benzene rings is 2. The summed E-state index contributed by atoms with van der Waals surface area (Å²) in [5, 5.41) is 10.8. The Hall–Kier alpha value is -2.76. The SMILES string of the molecule is CN(C)c1cccc(COc2cc([N+](=O)[O-])ccc2N)c1. The molecule has 0 aromatic heterocycles. The summed E-state index contributed by atoms with van der Waals surface area (Å²) in [6.45, 7) is 0.299. The monoisotopic (exact) mass is 287 g/mol. The number of nitro benzene ring substituents is 1. The summed E-state index contributed by atoms with van der Waals surface area (Å²) in [7, 11) is 3.91. The van der Waals surface area contributed by atoms with E-state index < -0.39 is 4.92 Å². The van der Waals surface area contributed by atoms with Crippen molar-refractivity contribution in [3.05, 3.63) is 58.1 Å². The van der Waals surface area contributed by atoms with E-state index in [0.29, 0.717) is 18.0 Å². The highest BCUT2D eigenvalue weighted by Crippen LogP contribution is 2.27. The molecule has 0 aliphatic rings. The molecule has 0 saturated carbocycles. The summed E-state index contributed by atoms with van der Waals surface area (Å²) in [6, 6.07) is 12.0. The lowest BCUT2D eigenvalue weighted by Gasteiger charge is -2.14. The first-order valence-corrected chi connectivity index (χ1v) is 6.40. The lowest BCUT2D eigenvalue weighted by Crippen LogP contribution is -2.09. The van der Waals surface area contributed by atoms with E-state index in [1.165, 1.54) is 18.2 Å². The van der Waals surface area contributed by atoms with Gasteiger partial charge in [-0.2, -0.15) is 0 Å². The first-order valence-electron chi connectivity index (χ1n) is 6.40. The number of hydrogen-bond donors (Lipinski definition) is 1. The van der Waals surface area contributed by atoms with Gasteiger partial charge in [-0.25, -0.2) is 0 Å². The van der Waals surface area contributed by atoms with Crippen molar-refractivity contribution in [1.29, 1.82) is 0 Å². The van der Waals surface area contributed by atoms with Crippen LogP contribution in [0.25, 0.3) is 0 Å². The Morgan fingerprint density at radius 2 is 2.00 bits per heavy atom. The highest BCUT2D eigenvalue weighted by molar-refractivity contribution is 5.57. The van der Waals surface area contributed by atoms with Gasteiger partial charge in [-0.1, -0.05) is 12.1 Å². The van der Waals surface area contributed by atoms with Crippen LogP contribution in [0.3, 0.4) is 0 Å². The quantitative estimate of drug-likeness (QED) is 0.519. The molecule has 2 aromatic rings. The number of hydrogen-bond acceptors (Lipinski definition) is 5. The Morgan fingerprint density at radius 1 is 1.24 bits per heavy atom. The number of nitro groups is 1. The zero-order valence-electron chi connectivity index (χ0n) is 11.9. The summed E-state index contributed by atoms with van der Waals surface area (Å²) >= 11 is 0. The second-order valence-electron chi connectivity index (χ2n) is 4.83. The molecule has 0 atom stereocenters. The maximum Gasteiger partial charge on any atom is 0.273 e. The highest BCUT2D eigenvalue weighted by Gasteiger charge is 2.10. The van der Waals surface area contributed by atoms with Gasteiger partial charge in [-0.15, -0.1) is 0 Å². The standard InChI is InChI=1S/C15H17N3O3/c1-17(2)12-5-3-4-11(8-12)10-21-15-9-13(18(19)20)6-7-14(15)16/h3-9H,10,16H2,1-2H3. The predicted molar refractivity (Wildman–Crippen MR) is 82.6 cm³/mol. The number of non-ortho nitro benzene ring substituents is 1. The van der Waals surface area contributed by atoms with Crippen LogP contribution in [0.2, 0.25) is 0 Å². The van der Waals surface area contributed by atoms with Gasteiger partial charge in [-0.3, -0.25) is 10.1 Å². The second-order valence-corrected chi connectivity index (χ2v) is 4.83. The van der Waals surface area contributed by atoms with Crippen LogP contribution in [0.5, 0.6) is 5.75 Å². The number of nitrogen functional groups attached to an aromatic ring is 1. The van der Waals surface area contributed by atoms with Gasteiger partial charge in [0.2, 0.25) is 0 Å². The molecule has 0 amide bonds. The van der Waals surface area contributed by atoms with Gasteiger partial charge in [0.15, 0.2) is 0 Å². The summed E-state index contributed by atoms with van der Waals surface area (Å²) in [5.74, 6) is 0.319. The van der Waals surface area contributed by atoms with Crippen LogP contribution in [0.4, 0.5) is 17.1 Å². The van der Waals surface area contributed by atoms with Gasteiger partial charge in [0.1, 0.15) is 12.4 Å². The van der Waals surface area contributed by atoms with Crippen molar-refractivity contribution in [3.8, 4) is 5.75 Å². The zero-order valence-corrected chi connectivity index (χ0v) is 11.9. The van der Waals surface area contributed by atoms with E-state index in [1.54, 1.807) is 0 Å². The van der Waals surface area contributed by atoms with Crippen LogP contribution >= 0.6 is 0 Å². The Kier molecular flexibility index (Phi) is 4.27. The Bertz CT molecular complexity index is 656. The van der Waals surface area contributed by atoms with Gasteiger partial charge in [0, 0.05) is 25.8 Å². The molecule has 0 unspecified atom stereocenters. The van der Waals surface area contributed by atoms with Crippen molar-refractivity contribution in [2.75, 3.05) is 24.7 Å². The summed E-state index contributed by atoms with van der Waals surface area (Å²) < 4.78 is 5.60. The van der Waals surface area contributed by atoms with Crippen LogP contribution < -0.4 is 15.4 Å². The second kappa shape index (κ2) is 6.13. The lowest BCUT2D eigenvalue weighted by molar-refractivity contribution is -0.384. The number of rotatable bonds is 5. The average molecular weight is 287 g/mol. The third-order valence-electron chi connectivity index (χ3n) is 3.03. The zero-order chi connectivity index (χ0) is 15.4. The van der Waals surface area contributed by atoms with E-state index in [4.69, 9.17) is 10.5 Å². The van der Waals surface area contributed by atoms with E-state index >= 15 is 0 Å². The molecule has 6 nitrogen and oxygen atoms in total. The number of nitrogens with zero attached hydrogens (tertiary/aromatic N) is 2. The summed E-state index contributed by atoms with van der Waals surface area (Å²) in [6.07, 6.45) is 0. The van der Waals surface area contributed by atoms with Gasteiger partial charge >= 0.3 is 0 Å². The molecule has 2 N–H and O–H groups in total. The smallest absolute Gasteiger partial charge is 0.273 e. The largest absolute Gasteiger partial charge is 0.486 e. The molecule has 0 spiro atoms. The minimum Gasteiger partial charge on any atom is -0.486 e. The third-order valence-corrected chi connectivity index (χ3v) is 3.03. The van der Waals surface area contributed by atoms with Crippen molar-refractivity contribution in [2.24, 2.45) is 0 Å². The molecule has 0 saturated heterocycles. The Morgan fingerprint density at radius 3 is 2.67 bits per heavy atom.